The topological polar surface area (TPSA) is 81.8 Å². The Morgan fingerprint density at radius 3 is 2.26 bits per heavy atom. The smallest absolute Gasteiger partial charge is 0.234 e. The number of rotatable bonds is 7. The molecule has 7 heteroatoms. The van der Waals surface area contributed by atoms with Gasteiger partial charge < -0.3 is 15.5 Å². The van der Waals surface area contributed by atoms with Crippen molar-refractivity contribution < 1.29 is 14.4 Å². The number of nitrogens with zero attached hydrogens (tertiary/aromatic N) is 2. The van der Waals surface area contributed by atoms with E-state index in [0.29, 0.717) is 39.1 Å². The summed E-state index contributed by atoms with van der Waals surface area (Å²) >= 11 is 0. The summed E-state index contributed by atoms with van der Waals surface area (Å²) in [5.74, 6) is 0.0175. The van der Waals surface area contributed by atoms with Crippen LogP contribution in [0.5, 0.6) is 0 Å². The molecule has 1 saturated heterocycles. The zero-order chi connectivity index (χ0) is 19.8. The Morgan fingerprint density at radius 2 is 1.70 bits per heavy atom. The van der Waals surface area contributed by atoms with Crippen molar-refractivity contribution in [3.63, 3.8) is 0 Å². The summed E-state index contributed by atoms with van der Waals surface area (Å²) in [4.78, 5) is 39.5. The van der Waals surface area contributed by atoms with Gasteiger partial charge in [-0.2, -0.15) is 0 Å². The summed E-state index contributed by atoms with van der Waals surface area (Å²) < 4.78 is 0. The molecule has 1 heterocycles. The maximum absolute atomic E-state index is 12.5. The molecular weight excluding hydrogens is 344 g/mol. The number of piperazine rings is 1. The maximum atomic E-state index is 12.5. The lowest BCUT2D eigenvalue weighted by molar-refractivity contribution is -0.132. The summed E-state index contributed by atoms with van der Waals surface area (Å²) in [6, 6.07) is 7.52. The standard InChI is InChI=1S/C20H30N4O3/c1-4-15(2)21-19(26)14-23-9-11-24(12-10-23)20(27)13-17-5-7-18(8-6-17)22-16(3)25/h5-8,15H,4,9-14H2,1-3H3,(H,21,26)(H,22,25). The van der Waals surface area contributed by atoms with Gasteiger partial charge in [0.2, 0.25) is 17.7 Å². The first-order valence-corrected chi connectivity index (χ1v) is 9.53. The molecule has 0 spiro atoms. The number of anilines is 1. The molecule has 7 nitrogen and oxygen atoms in total. The highest BCUT2D eigenvalue weighted by atomic mass is 16.2. The molecule has 148 valence electrons. The van der Waals surface area contributed by atoms with E-state index in [1.54, 1.807) is 12.1 Å². The largest absolute Gasteiger partial charge is 0.353 e. The van der Waals surface area contributed by atoms with Crippen molar-refractivity contribution in [2.75, 3.05) is 38.0 Å². The lowest BCUT2D eigenvalue weighted by Crippen LogP contribution is -2.52. The third-order valence-corrected chi connectivity index (χ3v) is 4.74. The average Bonchev–Trinajstić information content (AvgIpc) is 2.63. The van der Waals surface area contributed by atoms with Crippen LogP contribution in [0.1, 0.15) is 32.8 Å². The van der Waals surface area contributed by atoms with Crippen molar-refractivity contribution in [1.82, 2.24) is 15.1 Å². The molecule has 1 aromatic rings. The predicted molar refractivity (Wildman–Crippen MR) is 105 cm³/mol. The minimum Gasteiger partial charge on any atom is -0.353 e. The number of benzene rings is 1. The molecule has 2 rings (SSSR count). The molecule has 0 bridgehead atoms. The van der Waals surface area contributed by atoms with Gasteiger partial charge in [0.15, 0.2) is 0 Å². The van der Waals surface area contributed by atoms with Crippen LogP contribution in [0.25, 0.3) is 0 Å². The molecule has 0 aromatic heterocycles. The van der Waals surface area contributed by atoms with Gasteiger partial charge in [0.1, 0.15) is 0 Å². The Labute approximate surface area is 161 Å². The minimum absolute atomic E-state index is 0.0448. The average molecular weight is 374 g/mol. The van der Waals surface area contributed by atoms with Crippen LogP contribution in [0.4, 0.5) is 5.69 Å². The third kappa shape index (κ3) is 7.02. The fourth-order valence-electron chi connectivity index (χ4n) is 2.98. The van der Waals surface area contributed by atoms with Crippen molar-refractivity contribution in [3.05, 3.63) is 29.8 Å². The second-order valence-corrected chi connectivity index (χ2v) is 7.09. The molecule has 2 N–H and O–H groups in total. The van der Waals surface area contributed by atoms with Crippen LogP contribution in [-0.4, -0.2) is 66.3 Å². The highest BCUT2D eigenvalue weighted by Crippen LogP contribution is 2.12. The summed E-state index contributed by atoms with van der Waals surface area (Å²) in [5, 5.41) is 5.68. The molecule has 0 saturated carbocycles. The van der Waals surface area contributed by atoms with Crippen molar-refractivity contribution >= 4 is 23.4 Å². The zero-order valence-corrected chi connectivity index (χ0v) is 16.5. The quantitative estimate of drug-likeness (QED) is 0.753. The Kier molecular flexibility index (Phi) is 7.79. The van der Waals surface area contributed by atoms with Crippen molar-refractivity contribution in [2.24, 2.45) is 0 Å². The van der Waals surface area contributed by atoms with Gasteiger partial charge in [-0.05, 0) is 31.0 Å². The monoisotopic (exact) mass is 374 g/mol. The lowest BCUT2D eigenvalue weighted by atomic mass is 10.1. The number of hydrogen-bond acceptors (Lipinski definition) is 4. The van der Waals surface area contributed by atoms with Gasteiger partial charge in [-0.3, -0.25) is 19.3 Å². The van der Waals surface area contributed by atoms with E-state index in [0.717, 1.165) is 17.7 Å². The van der Waals surface area contributed by atoms with Gasteiger partial charge in [-0.15, -0.1) is 0 Å². The number of nitrogens with one attached hydrogen (secondary N) is 2. The molecule has 0 aliphatic carbocycles. The van der Waals surface area contributed by atoms with E-state index in [2.05, 4.69) is 15.5 Å². The van der Waals surface area contributed by atoms with E-state index < -0.39 is 0 Å². The SMILES string of the molecule is CCC(C)NC(=O)CN1CCN(C(=O)Cc2ccc(NC(C)=O)cc2)CC1. The summed E-state index contributed by atoms with van der Waals surface area (Å²) in [7, 11) is 0. The molecule has 3 amide bonds. The Bertz CT molecular complexity index is 652. The third-order valence-electron chi connectivity index (χ3n) is 4.74. The number of carbonyl (C=O) groups is 3. The first kappa shape index (κ1) is 20.9. The van der Waals surface area contributed by atoms with Gasteiger partial charge >= 0.3 is 0 Å². The van der Waals surface area contributed by atoms with E-state index in [1.165, 1.54) is 6.92 Å². The van der Waals surface area contributed by atoms with Gasteiger partial charge in [-0.1, -0.05) is 19.1 Å². The highest BCUT2D eigenvalue weighted by molar-refractivity contribution is 5.88. The maximum Gasteiger partial charge on any atom is 0.234 e. The second-order valence-electron chi connectivity index (χ2n) is 7.09. The lowest BCUT2D eigenvalue weighted by Gasteiger charge is -2.34. The molecule has 1 aromatic carbocycles. The molecule has 0 radical (unpaired) electrons. The molecule has 1 fully saturated rings. The van der Waals surface area contributed by atoms with Crippen molar-refractivity contribution in [3.8, 4) is 0 Å². The second kappa shape index (κ2) is 10.1. The van der Waals surface area contributed by atoms with E-state index in [-0.39, 0.29) is 23.8 Å². The molecule has 27 heavy (non-hydrogen) atoms. The van der Waals surface area contributed by atoms with Crippen LogP contribution in [0.3, 0.4) is 0 Å². The van der Waals surface area contributed by atoms with E-state index in [4.69, 9.17) is 0 Å². The first-order chi connectivity index (χ1) is 12.9. The Hall–Kier alpha value is -2.41. The summed E-state index contributed by atoms with van der Waals surface area (Å²) in [6.45, 7) is 8.59. The highest BCUT2D eigenvalue weighted by Gasteiger charge is 2.22. The van der Waals surface area contributed by atoms with Crippen LogP contribution in [0, 0.1) is 0 Å². The van der Waals surface area contributed by atoms with Crippen molar-refractivity contribution in [2.45, 2.75) is 39.7 Å². The van der Waals surface area contributed by atoms with E-state index >= 15 is 0 Å². The Balaban J connectivity index is 1.76. The van der Waals surface area contributed by atoms with Crippen molar-refractivity contribution in [1.29, 1.82) is 0 Å². The summed E-state index contributed by atoms with van der Waals surface area (Å²) in [5.41, 5.74) is 1.65. The number of hydrogen-bond donors (Lipinski definition) is 2. The fourth-order valence-corrected chi connectivity index (χ4v) is 2.98. The van der Waals surface area contributed by atoms with Gasteiger partial charge in [0.05, 0.1) is 13.0 Å². The van der Waals surface area contributed by atoms with Crippen LogP contribution in [0.2, 0.25) is 0 Å². The van der Waals surface area contributed by atoms with Crippen LogP contribution in [-0.2, 0) is 20.8 Å². The number of amides is 3. The minimum atomic E-state index is -0.116. The predicted octanol–water partition coefficient (Wildman–Crippen LogP) is 1.25. The molecular formula is C20H30N4O3. The number of carbonyl (C=O) groups excluding carboxylic acids is 3. The van der Waals surface area contributed by atoms with Gasteiger partial charge in [0, 0.05) is 44.8 Å². The van der Waals surface area contributed by atoms with Crippen LogP contribution in [0.15, 0.2) is 24.3 Å². The fraction of sp³-hybridized carbons (Fsp3) is 0.550. The van der Waals surface area contributed by atoms with E-state index in [9.17, 15) is 14.4 Å². The first-order valence-electron chi connectivity index (χ1n) is 9.53. The normalized spacial score (nSPS) is 15.9. The van der Waals surface area contributed by atoms with E-state index in [1.807, 2.05) is 30.9 Å². The Morgan fingerprint density at radius 1 is 1.07 bits per heavy atom. The van der Waals surface area contributed by atoms with Crippen LogP contribution < -0.4 is 10.6 Å². The molecule has 1 aliphatic rings. The molecule has 1 unspecified atom stereocenters. The van der Waals surface area contributed by atoms with Gasteiger partial charge in [0.25, 0.3) is 0 Å². The zero-order valence-electron chi connectivity index (χ0n) is 16.5. The summed E-state index contributed by atoms with van der Waals surface area (Å²) in [6.07, 6.45) is 1.26. The van der Waals surface area contributed by atoms with Gasteiger partial charge in [-0.25, -0.2) is 0 Å². The van der Waals surface area contributed by atoms with Crippen LogP contribution >= 0.6 is 0 Å². The molecule has 1 atom stereocenters. The molecule has 1 aliphatic heterocycles.